The second kappa shape index (κ2) is 10.8. The van der Waals surface area contributed by atoms with Crippen molar-refractivity contribution in [2.45, 2.75) is 31.4 Å². The first-order chi connectivity index (χ1) is 14.6. The van der Waals surface area contributed by atoms with Crippen molar-refractivity contribution in [2.75, 3.05) is 20.8 Å². The molecule has 0 saturated carbocycles. The molecule has 0 bridgehead atoms. The van der Waals surface area contributed by atoms with Gasteiger partial charge in [0, 0.05) is 36.5 Å². The third-order valence-electron chi connectivity index (χ3n) is 5.35. The fraction of sp³-hybridized carbons (Fsp3) is 0.320. The van der Waals surface area contributed by atoms with E-state index in [0.717, 1.165) is 23.5 Å². The summed E-state index contributed by atoms with van der Waals surface area (Å²) >= 11 is 0. The van der Waals surface area contributed by atoms with Gasteiger partial charge in [0.15, 0.2) is 0 Å². The molecule has 0 fully saturated rings. The number of benzene rings is 2. The lowest BCUT2D eigenvalue weighted by molar-refractivity contribution is 0.169. The Hall–Kier alpha value is -2.89. The van der Waals surface area contributed by atoms with Crippen molar-refractivity contribution in [3.63, 3.8) is 0 Å². The SMILES string of the molecule is COc1ccc(C(C[C@H](C)NC[C@H](O)c2cccnc2)c2ccc(OC)cc2)cc1. The Morgan fingerprint density at radius 3 is 1.90 bits per heavy atom. The van der Waals surface area contributed by atoms with Gasteiger partial charge in [-0.25, -0.2) is 0 Å². The first-order valence-electron chi connectivity index (χ1n) is 10.2. The Morgan fingerprint density at radius 1 is 0.867 bits per heavy atom. The highest BCUT2D eigenvalue weighted by Gasteiger charge is 2.19. The second-order valence-corrected chi connectivity index (χ2v) is 7.45. The molecule has 0 aliphatic heterocycles. The van der Waals surface area contributed by atoms with E-state index in [2.05, 4.69) is 41.5 Å². The second-order valence-electron chi connectivity index (χ2n) is 7.45. The first-order valence-corrected chi connectivity index (χ1v) is 10.2. The van der Waals surface area contributed by atoms with Gasteiger partial charge in [-0.05, 0) is 54.8 Å². The predicted molar refractivity (Wildman–Crippen MR) is 119 cm³/mol. The fourth-order valence-corrected chi connectivity index (χ4v) is 3.58. The van der Waals surface area contributed by atoms with Gasteiger partial charge in [0.25, 0.3) is 0 Å². The zero-order valence-electron chi connectivity index (χ0n) is 17.8. The summed E-state index contributed by atoms with van der Waals surface area (Å²) in [5.41, 5.74) is 3.27. The van der Waals surface area contributed by atoms with Crippen LogP contribution < -0.4 is 14.8 Å². The predicted octanol–water partition coefficient (Wildman–Crippen LogP) is 4.33. The lowest BCUT2D eigenvalue weighted by atomic mass is 9.86. The molecular weight excluding hydrogens is 376 g/mol. The van der Waals surface area contributed by atoms with E-state index < -0.39 is 6.10 Å². The minimum absolute atomic E-state index is 0.200. The molecule has 3 rings (SSSR count). The van der Waals surface area contributed by atoms with Crippen molar-refractivity contribution in [3.05, 3.63) is 89.7 Å². The summed E-state index contributed by atoms with van der Waals surface area (Å²) in [7, 11) is 3.35. The average molecular weight is 407 g/mol. The van der Waals surface area contributed by atoms with Crippen molar-refractivity contribution in [1.29, 1.82) is 0 Å². The maximum atomic E-state index is 10.4. The molecule has 0 aliphatic rings. The van der Waals surface area contributed by atoms with Gasteiger partial charge in [0.1, 0.15) is 11.5 Å². The lowest BCUT2D eigenvalue weighted by Crippen LogP contribution is -2.32. The van der Waals surface area contributed by atoms with E-state index in [9.17, 15) is 5.11 Å². The molecule has 1 heterocycles. The van der Waals surface area contributed by atoms with E-state index in [4.69, 9.17) is 9.47 Å². The van der Waals surface area contributed by atoms with E-state index in [1.807, 2.05) is 36.4 Å². The van der Waals surface area contributed by atoms with Crippen LogP contribution in [0.15, 0.2) is 73.1 Å². The van der Waals surface area contributed by atoms with Crippen LogP contribution in [0.2, 0.25) is 0 Å². The summed E-state index contributed by atoms with van der Waals surface area (Å²) in [5.74, 6) is 1.90. The fourth-order valence-electron chi connectivity index (χ4n) is 3.58. The normalized spacial score (nSPS) is 13.1. The lowest BCUT2D eigenvalue weighted by Gasteiger charge is -2.24. The molecule has 2 atom stereocenters. The number of aliphatic hydroxyl groups is 1. The highest BCUT2D eigenvalue weighted by molar-refractivity contribution is 5.38. The van der Waals surface area contributed by atoms with Crippen molar-refractivity contribution in [3.8, 4) is 11.5 Å². The summed E-state index contributed by atoms with van der Waals surface area (Å²) in [6.45, 7) is 2.63. The zero-order valence-corrected chi connectivity index (χ0v) is 17.8. The van der Waals surface area contributed by atoms with Gasteiger partial charge in [-0.2, -0.15) is 0 Å². The van der Waals surface area contributed by atoms with E-state index in [1.54, 1.807) is 26.6 Å². The summed E-state index contributed by atoms with van der Waals surface area (Å²) in [6, 6.07) is 20.4. The van der Waals surface area contributed by atoms with Crippen LogP contribution in [-0.4, -0.2) is 36.9 Å². The van der Waals surface area contributed by atoms with Crippen LogP contribution in [0.5, 0.6) is 11.5 Å². The molecular formula is C25H30N2O3. The smallest absolute Gasteiger partial charge is 0.118 e. The standard InChI is InChI=1S/C25H30N2O3/c1-18(27-17-25(28)21-5-4-14-26-16-21)15-24(19-6-10-22(29-2)11-7-19)20-8-12-23(30-3)13-9-20/h4-14,16,18,24-25,27-28H,15,17H2,1-3H3/t18-,25-/m0/s1. The average Bonchev–Trinajstić information content (AvgIpc) is 2.81. The molecule has 0 unspecified atom stereocenters. The minimum atomic E-state index is -0.582. The van der Waals surface area contributed by atoms with Crippen molar-refractivity contribution in [2.24, 2.45) is 0 Å². The molecule has 1 aromatic heterocycles. The van der Waals surface area contributed by atoms with Crippen LogP contribution in [-0.2, 0) is 0 Å². The Morgan fingerprint density at radius 2 is 1.43 bits per heavy atom. The van der Waals surface area contributed by atoms with E-state index in [-0.39, 0.29) is 12.0 Å². The van der Waals surface area contributed by atoms with Gasteiger partial charge in [0.2, 0.25) is 0 Å². The monoisotopic (exact) mass is 406 g/mol. The molecule has 0 amide bonds. The van der Waals surface area contributed by atoms with Gasteiger partial charge in [-0.3, -0.25) is 4.98 Å². The summed E-state index contributed by atoms with van der Waals surface area (Å²) in [4.78, 5) is 4.08. The number of nitrogens with zero attached hydrogens (tertiary/aromatic N) is 1. The van der Waals surface area contributed by atoms with Crippen LogP contribution in [0.25, 0.3) is 0 Å². The number of hydrogen-bond acceptors (Lipinski definition) is 5. The number of methoxy groups -OCH3 is 2. The molecule has 2 N–H and O–H groups in total. The molecule has 2 aromatic carbocycles. The van der Waals surface area contributed by atoms with Gasteiger partial charge in [-0.1, -0.05) is 30.3 Å². The highest BCUT2D eigenvalue weighted by Crippen LogP contribution is 2.31. The molecule has 0 radical (unpaired) electrons. The molecule has 3 aromatic rings. The largest absolute Gasteiger partial charge is 0.497 e. The van der Waals surface area contributed by atoms with Crippen LogP contribution in [0.1, 0.15) is 42.1 Å². The number of pyridine rings is 1. The van der Waals surface area contributed by atoms with Gasteiger partial charge in [-0.15, -0.1) is 0 Å². The third kappa shape index (κ3) is 5.81. The summed E-state index contributed by atoms with van der Waals surface area (Å²) in [5, 5.41) is 13.9. The maximum absolute atomic E-state index is 10.4. The van der Waals surface area contributed by atoms with Crippen LogP contribution >= 0.6 is 0 Å². The van der Waals surface area contributed by atoms with E-state index >= 15 is 0 Å². The molecule has 5 nitrogen and oxygen atoms in total. The Kier molecular flexibility index (Phi) is 7.82. The first kappa shape index (κ1) is 21.8. The number of aliphatic hydroxyl groups excluding tert-OH is 1. The summed E-state index contributed by atoms with van der Waals surface area (Å²) < 4.78 is 10.6. The Bertz CT molecular complexity index is 835. The van der Waals surface area contributed by atoms with Gasteiger partial charge < -0.3 is 19.9 Å². The topological polar surface area (TPSA) is 63.6 Å². The Labute approximate surface area is 178 Å². The zero-order chi connectivity index (χ0) is 21.3. The van der Waals surface area contributed by atoms with Gasteiger partial charge >= 0.3 is 0 Å². The number of rotatable bonds is 10. The molecule has 158 valence electrons. The Balaban J connectivity index is 1.72. The third-order valence-corrected chi connectivity index (χ3v) is 5.35. The van der Waals surface area contributed by atoms with Crippen molar-refractivity contribution in [1.82, 2.24) is 10.3 Å². The van der Waals surface area contributed by atoms with Crippen LogP contribution in [0.4, 0.5) is 0 Å². The van der Waals surface area contributed by atoms with Crippen molar-refractivity contribution < 1.29 is 14.6 Å². The van der Waals surface area contributed by atoms with Crippen LogP contribution in [0.3, 0.4) is 0 Å². The maximum Gasteiger partial charge on any atom is 0.118 e. The molecule has 5 heteroatoms. The van der Waals surface area contributed by atoms with Gasteiger partial charge in [0.05, 0.1) is 20.3 Å². The van der Waals surface area contributed by atoms with Crippen LogP contribution in [0, 0.1) is 0 Å². The number of aromatic nitrogens is 1. The number of ether oxygens (including phenoxy) is 2. The molecule has 30 heavy (non-hydrogen) atoms. The minimum Gasteiger partial charge on any atom is -0.497 e. The molecule has 0 spiro atoms. The number of nitrogens with one attached hydrogen (secondary N) is 1. The van der Waals surface area contributed by atoms with E-state index in [1.165, 1.54) is 11.1 Å². The molecule has 0 aliphatic carbocycles. The highest BCUT2D eigenvalue weighted by atomic mass is 16.5. The quantitative estimate of drug-likeness (QED) is 0.525. The number of hydrogen-bond donors (Lipinski definition) is 2. The van der Waals surface area contributed by atoms with E-state index in [0.29, 0.717) is 6.54 Å². The summed E-state index contributed by atoms with van der Waals surface area (Å²) in [6.07, 6.45) is 3.72. The molecule has 0 saturated heterocycles. The van der Waals surface area contributed by atoms with Crippen molar-refractivity contribution >= 4 is 0 Å².